The summed E-state index contributed by atoms with van der Waals surface area (Å²) in [5.41, 5.74) is 7.43. The molecule has 1 aromatic heterocycles. The van der Waals surface area contributed by atoms with E-state index in [1.807, 2.05) is 18.2 Å². The van der Waals surface area contributed by atoms with E-state index in [0.717, 1.165) is 27.7 Å². The molecule has 0 fully saturated rings. The molecule has 1 heterocycles. The van der Waals surface area contributed by atoms with Crippen LogP contribution in [0.3, 0.4) is 0 Å². The number of nitrogens with two attached hydrogens (primary N) is 1. The normalized spacial score (nSPS) is 11.2. The van der Waals surface area contributed by atoms with Gasteiger partial charge in [-0.05, 0) is 40.0 Å². The lowest BCUT2D eigenvalue weighted by Crippen LogP contribution is -2.10. The van der Waals surface area contributed by atoms with Gasteiger partial charge in [0.1, 0.15) is 17.9 Å². The number of hydrogen-bond donors (Lipinski definition) is 1. The van der Waals surface area contributed by atoms with Crippen molar-refractivity contribution in [3.8, 4) is 5.75 Å². The van der Waals surface area contributed by atoms with Gasteiger partial charge in [-0.1, -0.05) is 13.8 Å². The van der Waals surface area contributed by atoms with Gasteiger partial charge >= 0.3 is 0 Å². The van der Waals surface area contributed by atoms with Crippen molar-refractivity contribution < 1.29 is 9.47 Å². The average Bonchev–Trinajstić information content (AvgIpc) is 2.41. The standard InChI is InChI=1S/C15H19BrN2O2/c1-10(2)9-19-5-6-20-14-4-3-13(17)12-7-11(16)8-18-15(12)14/h3-4,7-8,10H,5-6,9,17H2,1-2H3. The Hall–Kier alpha value is -1.33. The van der Waals surface area contributed by atoms with Crippen molar-refractivity contribution in [1.82, 2.24) is 4.98 Å². The SMILES string of the molecule is CC(C)COCCOc1ccc(N)c2cc(Br)cnc12. The second-order valence-electron chi connectivity index (χ2n) is 5.02. The Kier molecular flexibility index (Phi) is 5.20. The van der Waals surface area contributed by atoms with Gasteiger partial charge in [0.15, 0.2) is 0 Å². The lowest BCUT2D eigenvalue weighted by molar-refractivity contribution is 0.0822. The van der Waals surface area contributed by atoms with Gasteiger partial charge in [0.2, 0.25) is 0 Å². The number of fused-ring (bicyclic) bond motifs is 1. The minimum absolute atomic E-state index is 0.503. The molecule has 0 aliphatic rings. The lowest BCUT2D eigenvalue weighted by atomic mass is 10.2. The fourth-order valence-electron chi connectivity index (χ4n) is 1.84. The van der Waals surface area contributed by atoms with Crippen LogP contribution in [0.5, 0.6) is 5.75 Å². The van der Waals surface area contributed by atoms with E-state index in [1.54, 1.807) is 6.20 Å². The summed E-state index contributed by atoms with van der Waals surface area (Å²) < 4.78 is 12.1. The number of pyridine rings is 1. The number of nitrogen functional groups attached to an aromatic ring is 1. The van der Waals surface area contributed by atoms with Crippen molar-refractivity contribution in [2.75, 3.05) is 25.6 Å². The summed E-state index contributed by atoms with van der Waals surface area (Å²) >= 11 is 3.40. The zero-order valence-corrected chi connectivity index (χ0v) is 13.3. The van der Waals surface area contributed by atoms with Crippen LogP contribution in [0.1, 0.15) is 13.8 Å². The Morgan fingerprint density at radius 1 is 1.30 bits per heavy atom. The Morgan fingerprint density at radius 2 is 2.10 bits per heavy atom. The van der Waals surface area contributed by atoms with E-state index in [0.29, 0.717) is 24.8 Å². The quantitative estimate of drug-likeness (QED) is 0.645. The van der Waals surface area contributed by atoms with Gasteiger partial charge in [0.25, 0.3) is 0 Å². The van der Waals surface area contributed by atoms with Crippen LogP contribution in [0.25, 0.3) is 10.9 Å². The number of anilines is 1. The van der Waals surface area contributed by atoms with Gasteiger partial charge in [0.05, 0.1) is 6.61 Å². The van der Waals surface area contributed by atoms with Gasteiger partial charge in [0, 0.05) is 28.4 Å². The van der Waals surface area contributed by atoms with Crippen LogP contribution in [0.2, 0.25) is 0 Å². The molecular formula is C15H19BrN2O2. The molecule has 0 amide bonds. The Bertz CT molecular complexity index is 587. The van der Waals surface area contributed by atoms with Gasteiger partial charge in [-0.3, -0.25) is 4.98 Å². The zero-order valence-electron chi connectivity index (χ0n) is 11.7. The number of ether oxygens (including phenoxy) is 2. The number of nitrogens with zero attached hydrogens (tertiary/aromatic N) is 1. The number of aromatic nitrogens is 1. The number of halogens is 1. The molecule has 2 aromatic rings. The fraction of sp³-hybridized carbons (Fsp3) is 0.400. The molecular weight excluding hydrogens is 320 g/mol. The Balaban J connectivity index is 2.05. The molecule has 4 nitrogen and oxygen atoms in total. The molecule has 0 saturated carbocycles. The van der Waals surface area contributed by atoms with Crippen molar-refractivity contribution in [3.05, 3.63) is 28.9 Å². The highest BCUT2D eigenvalue weighted by atomic mass is 79.9. The highest BCUT2D eigenvalue weighted by molar-refractivity contribution is 9.10. The molecule has 20 heavy (non-hydrogen) atoms. The number of hydrogen-bond acceptors (Lipinski definition) is 4. The first-order valence-electron chi connectivity index (χ1n) is 6.62. The summed E-state index contributed by atoms with van der Waals surface area (Å²) in [6.45, 7) is 6.06. The van der Waals surface area contributed by atoms with Crippen LogP contribution in [-0.4, -0.2) is 24.8 Å². The van der Waals surface area contributed by atoms with Gasteiger partial charge < -0.3 is 15.2 Å². The maximum atomic E-state index is 5.96. The number of benzene rings is 1. The third-order valence-electron chi connectivity index (χ3n) is 2.75. The summed E-state index contributed by atoms with van der Waals surface area (Å²) in [7, 11) is 0. The largest absolute Gasteiger partial charge is 0.489 e. The summed E-state index contributed by atoms with van der Waals surface area (Å²) in [5.74, 6) is 1.27. The maximum Gasteiger partial charge on any atom is 0.145 e. The molecule has 5 heteroatoms. The van der Waals surface area contributed by atoms with E-state index in [4.69, 9.17) is 15.2 Å². The molecule has 2 N–H and O–H groups in total. The van der Waals surface area contributed by atoms with E-state index in [2.05, 4.69) is 34.8 Å². The predicted octanol–water partition coefficient (Wildman–Crippen LogP) is 3.63. The molecule has 2 rings (SSSR count). The topological polar surface area (TPSA) is 57.4 Å². The fourth-order valence-corrected chi connectivity index (χ4v) is 2.17. The van der Waals surface area contributed by atoms with Gasteiger partial charge in [-0.25, -0.2) is 0 Å². The maximum absolute atomic E-state index is 5.96. The number of rotatable bonds is 6. The summed E-state index contributed by atoms with van der Waals surface area (Å²) in [4.78, 5) is 4.38. The monoisotopic (exact) mass is 338 g/mol. The van der Waals surface area contributed by atoms with E-state index in [1.165, 1.54) is 0 Å². The third kappa shape index (κ3) is 3.84. The smallest absolute Gasteiger partial charge is 0.145 e. The first kappa shape index (κ1) is 15.1. The van der Waals surface area contributed by atoms with Gasteiger partial charge in [-0.15, -0.1) is 0 Å². The Morgan fingerprint density at radius 3 is 2.85 bits per heavy atom. The minimum atomic E-state index is 0.503. The van der Waals surface area contributed by atoms with E-state index < -0.39 is 0 Å². The highest BCUT2D eigenvalue weighted by Crippen LogP contribution is 2.30. The van der Waals surface area contributed by atoms with E-state index in [9.17, 15) is 0 Å². The van der Waals surface area contributed by atoms with E-state index in [-0.39, 0.29) is 0 Å². The molecule has 0 bridgehead atoms. The molecule has 0 atom stereocenters. The van der Waals surface area contributed by atoms with Crippen LogP contribution in [0.15, 0.2) is 28.9 Å². The van der Waals surface area contributed by atoms with Crippen molar-refractivity contribution in [2.24, 2.45) is 5.92 Å². The van der Waals surface area contributed by atoms with Crippen LogP contribution in [-0.2, 0) is 4.74 Å². The summed E-state index contributed by atoms with van der Waals surface area (Å²) in [6, 6.07) is 5.63. The van der Waals surface area contributed by atoms with Crippen LogP contribution >= 0.6 is 15.9 Å². The molecule has 0 aliphatic heterocycles. The molecule has 0 unspecified atom stereocenters. The highest BCUT2D eigenvalue weighted by Gasteiger charge is 2.07. The second-order valence-corrected chi connectivity index (χ2v) is 5.94. The molecule has 0 spiro atoms. The minimum Gasteiger partial charge on any atom is -0.489 e. The Labute approximate surface area is 127 Å². The summed E-state index contributed by atoms with van der Waals surface area (Å²) in [6.07, 6.45) is 1.74. The van der Waals surface area contributed by atoms with Crippen LogP contribution in [0, 0.1) is 5.92 Å². The predicted molar refractivity (Wildman–Crippen MR) is 85.0 cm³/mol. The first-order valence-corrected chi connectivity index (χ1v) is 7.41. The van der Waals surface area contributed by atoms with Crippen molar-refractivity contribution in [1.29, 1.82) is 0 Å². The van der Waals surface area contributed by atoms with Gasteiger partial charge in [-0.2, -0.15) is 0 Å². The van der Waals surface area contributed by atoms with Crippen molar-refractivity contribution in [3.63, 3.8) is 0 Å². The van der Waals surface area contributed by atoms with Crippen molar-refractivity contribution >= 4 is 32.5 Å². The lowest BCUT2D eigenvalue weighted by Gasteiger charge is -2.11. The molecule has 0 aliphatic carbocycles. The van der Waals surface area contributed by atoms with Crippen LogP contribution < -0.4 is 10.5 Å². The molecule has 1 aromatic carbocycles. The van der Waals surface area contributed by atoms with E-state index >= 15 is 0 Å². The first-order chi connectivity index (χ1) is 9.58. The summed E-state index contributed by atoms with van der Waals surface area (Å²) in [5, 5.41) is 0.889. The third-order valence-corrected chi connectivity index (χ3v) is 3.18. The second kappa shape index (κ2) is 6.90. The average molecular weight is 339 g/mol. The molecule has 0 saturated heterocycles. The molecule has 0 radical (unpaired) electrons. The molecule has 108 valence electrons. The van der Waals surface area contributed by atoms with Crippen molar-refractivity contribution in [2.45, 2.75) is 13.8 Å². The van der Waals surface area contributed by atoms with Crippen LogP contribution in [0.4, 0.5) is 5.69 Å². The zero-order chi connectivity index (χ0) is 14.5.